The molecule has 0 saturated carbocycles. The topological polar surface area (TPSA) is 48.0 Å². The summed E-state index contributed by atoms with van der Waals surface area (Å²) in [7, 11) is 0. The molecule has 1 spiro atoms. The molecular weight excluding hydrogens is 318 g/mol. The summed E-state index contributed by atoms with van der Waals surface area (Å²) in [5.41, 5.74) is 1.14. The molecule has 25 heavy (non-hydrogen) atoms. The van der Waals surface area contributed by atoms with Crippen LogP contribution in [0.2, 0.25) is 0 Å². The lowest BCUT2D eigenvalue weighted by Crippen LogP contribution is -2.52. The molecule has 1 atom stereocenters. The van der Waals surface area contributed by atoms with E-state index < -0.39 is 0 Å². The third kappa shape index (κ3) is 5.03. The Morgan fingerprint density at radius 1 is 1.24 bits per heavy atom. The molecule has 5 nitrogen and oxygen atoms in total. The first-order valence-corrected chi connectivity index (χ1v) is 9.36. The summed E-state index contributed by atoms with van der Waals surface area (Å²) in [6.07, 6.45) is 3.81. The summed E-state index contributed by atoms with van der Waals surface area (Å²) in [4.78, 5) is 14.4. The van der Waals surface area contributed by atoms with Crippen molar-refractivity contribution in [2.75, 3.05) is 33.0 Å². The number of hydrogen-bond donors (Lipinski definition) is 0. The van der Waals surface area contributed by atoms with E-state index in [1.807, 2.05) is 25.1 Å². The van der Waals surface area contributed by atoms with Gasteiger partial charge in [0.2, 0.25) is 0 Å². The van der Waals surface area contributed by atoms with E-state index in [4.69, 9.17) is 14.2 Å². The highest BCUT2D eigenvalue weighted by molar-refractivity contribution is 5.71. The first-order valence-electron chi connectivity index (χ1n) is 9.36. The number of carbonyl (C=O) groups excluding carboxylic acids is 1. The highest BCUT2D eigenvalue weighted by atomic mass is 16.5. The van der Waals surface area contributed by atoms with Gasteiger partial charge in [-0.2, -0.15) is 0 Å². The number of rotatable bonds is 6. The van der Waals surface area contributed by atoms with Gasteiger partial charge in [0.15, 0.2) is 0 Å². The number of esters is 1. The van der Waals surface area contributed by atoms with Gasteiger partial charge in [-0.15, -0.1) is 0 Å². The van der Waals surface area contributed by atoms with Crippen LogP contribution in [0.1, 0.15) is 38.2 Å². The minimum atomic E-state index is -0.147. The van der Waals surface area contributed by atoms with Gasteiger partial charge in [-0.25, -0.2) is 0 Å². The lowest BCUT2D eigenvalue weighted by Gasteiger charge is -2.46. The Labute approximate surface area is 150 Å². The van der Waals surface area contributed by atoms with Gasteiger partial charge < -0.3 is 14.2 Å². The van der Waals surface area contributed by atoms with Gasteiger partial charge in [0.25, 0.3) is 0 Å². The van der Waals surface area contributed by atoms with Crippen molar-refractivity contribution in [3.8, 4) is 0 Å². The van der Waals surface area contributed by atoms with E-state index in [1.54, 1.807) is 0 Å². The third-order valence-corrected chi connectivity index (χ3v) is 5.25. The maximum absolute atomic E-state index is 12.1. The highest BCUT2D eigenvalue weighted by Crippen LogP contribution is 2.36. The molecule has 2 aliphatic rings. The average Bonchev–Trinajstić information content (AvgIpc) is 2.63. The molecule has 0 amide bonds. The maximum atomic E-state index is 12.1. The van der Waals surface area contributed by atoms with Crippen LogP contribution in [-0.2, 0) is 25.5 Å². The van der Waals surface area contributed by atoms with Gasteiger partial charge in [-0.05, 0) is 38.2 Å². The number of nitrogens with zero attached hydrogens (tertiary/aromatic N) is 1. The van der Waals surface area contributed by atoms with Crippen LogP contribution in [0.15, 0.2) is 30.3 Å². The average molecular weight is 347 g/mol. The van der Waals surface area contributed by atoms with Gasteiger partial charge in [-0.1, -0.05) is 30.3 Å². The molecule has 0 bridgehead atoms. The highest BCUT2D eigenvalue weighted by Gasteiger charge is 2.41. The molecule has 0 radical (unpaired) electrons. The Morgan fingerprint density at radius 2 is 2.00 bits per heavy atom. The summed E-state index contributed by atoms with van der Waals surface area (Å²) in [6, 6.07) is 10.7. The van der Waals surface area contributed by atoms with Gasteiger partial charge in [0.05, 0.1) is 18.8 Å². The van der Waals surface area contributed by atoms with Crippen molar-refractivity contribution in [1.82, 2.24) is 4.90 Å². The van der Waals surface area contributed by atoms with Crippen molar-refractivity contribution in [1.29, 1.82) is 0 Å². The molecule has 2 heterocycles. The standard InChI is InChI=1S/C20H29NO4/c1-2-24-19(22)16-21(15-17-6-4-3-5-7-17)18-8-11-25-20(14-18)9-12-23-13-10-20/h3-7,18H,2,8-16H2,1H3. The zero-order valence-electron chi connectivity index (χ0n) is 15.1. The molecule has 1 aromatic carbocycles. The first kappa shape index (κ1) is 18.4. The lowest BCUT2D eigenvalue weighted by molar-refractivity contribution is -0.159. The van der Waals surface area contributed by atoms with Crippen molar-refractivity contribution in [3.05, 3.63) is 35.9 Å². The van der Waals surface area contributed by atoms with E-state index in [2.05, 4.69) is 17.0 Å². The fourth-order valence-corrected chi connectivity index (χ4v) is 3.91. The van der Waals surface area contributed by atoms with E-state index in [-0.39, 0.29) is 11.6 Å². The minimum Gasteiger partial charge on any atom is -0.465 e. The van der Waals surface area contributed by atoms with Crippen LogP contribution >= 0.6 is 0 Å². The van der Waals surface area contributed by atoms with Crippen LogP contribution in [0, 0.1) is 0 Å². The molecule has 2 aliphatic heterocycles. The second-order valence-corrected chi connectivity index (χ2v) is 6.99. The fourth-order valence-electron chi connectivity index (χ4n) is 3.91. The summed E-state index contributed by atoms with van der Waals surface area (Å²) >= 11 is 0. The summed E-state index contributed by atoms with van der Waals surface area (Å²) in [5, 5.41) is 0. The van der Waals surface area contributed by atoms with Crippen LogP contribution in [0.3, 0.4) is 0 Å². The van der Waals surface area contributed by atoms with Crippen molar-refractivity contribution in [2.24, 2.45) is 0 Å². The zero-order chi connectivity index (χ0) is 17.5. The maximum Gasteiger partial charge on any atom is 0.320 e. The molecule has 1 unspecified atom stereocenters. The van der Waals surface area contributed by atoms with Crippen molar-refractivity contribution < 1.29 is 19.0 Å². The second-order valence-electron chi connectivity index (χ2n) is 6.99. The van der Waals surface area contributed by atoms with Crippen molar-refractivity contribution >= 4 is 5.97 Å². The number of hydrogen-bond acceptors (Lipinski definition) is 5. The quantitative estimate of drug-likeness (QED) is 0.741. The minimum absolute atomic E-state index is 0.0786. The molecule has 5 heteroatoms. The SMILES string of the molecule is CCOC(=O)CN(Cc1ccccc1)C1CCOC2(CCOCC2)C1. The van der Waals surface area contributed by atoms with Gasteiger partial charge in [0, 0.05) is 32.4 Å². The van der Waals surface area contributed by atoms with Crippen LogP contribution < -0.4 is 0 Å². The Hall–Kier alpha value is -1.43. The van der Waals surface area contributed by atoms with Crippen molar-refractivity contribution in [3.63, 3.8) is 0 Å². The molecule has 2 saturated heterocycles. The van der Waals surface area contributed by atoms with E-state index >= 15 is 0 Å². The molecule has 138 valence electrons. The predicted octanol–water partition coefficient (Wildman–Crippen LogP) is 2.78. The van der Waals surface area contributed by atoms with Crippen molar-refractivity contribution in [2.45, 2.75) is 50.8 Å². The van der Waals surface area contributed by atoms with Gasteiger partial charge in [0.1, 0.15) is 0 Å². The molecule has 1 aromatic rings. The van der Waals surface area contributed by atoms with E-state index in [0.29, 0.717) is 19.2 Å². The summed E-state index contributed by atoms with van der Waals surface area (Å²) in [5.74, 6) is -0.147. The molecule has 2 fully saturated rings. The molecule has 0 aliphatic carbocycles. The van der Waals surface area contributed by atoms with E-state index in [9.17, 15) is 4.79 Å². The first-order chi connectivity index (χ1) is 12.2. The number of carbonyl (C=O) groups is 1. The molecular formula is C20H29NO4. The fraction of sp³-hybridized carbons (Fsp3) is 0.650. The zero-order valence-corrected chi connectivity index (χ0v) is 15.1. The lowest BCUT2D eigenvalue weighted by atomic mass is 9.83. The normalized spacial score (nSPS) is 22.9. The molecule has 0 N–H and O–H groups in total. The van der Waals surface area contributed by atoms with E-state index in [0.717, 1.165) is 52.0 Å². The number of ether oxygens (including phenoxy) is 3. The molecule has 3 rings (SSSR count). The monoisotopic (exact) mass is 347 g/mol. The smallest absolute Gasteiger partial charge is 0.320 e. The Balaban J connectivity index is 1.71. The Kier molecular flexibility index (Phi) is 6.45. The summed E-state index contributed by atoms with van der Waals surface area (Å²) < 4.78 is 16.9. The van der Waals surface area contributed by atoms with Gasteiger partial charge in [-0.3, -0.25) is 9.69 Å². The van der Waals surface area contributed by atoms with Crippen LogP contribution in [0.4, 0.5) is 0 Å². The van der Waals surface area contributed by atoms with E-state index in [1.165, 1.54) is 5.56 Å². The Morgan fingerprint density at radius 3 is 2.72 bits per heavy atom. The van der Waals surface area contributed by atoms with Gasteiger partial charge >= 0.3 is 5.97 Å². The summed E-state index contributed by atoms with van der Waals surface area (Å²) in [6.45, 7) is 5.65. The van der Waals surface area contributed by atoms with Crippen LogP contribution in [0.5, 0.6) is 0 Å². The third-order valence-electron chi connectivity index (χ3n) is 5.25. The molecule has 0 aromatic heterocycles. The van der Waals surface area contributed by atoms with Crippen LogP contribution in [0.25, 0.3) is 0 Å². The second kappa shape index (κ2) is 8.79. The Bertz CT molecular complexity index is 536. The van der Waals surface area contributed by atoms with Crippen LogP contribution in [-0.4, -0.2) is 55.5 Å². The largest absolute Gasteiger partial charge is 0.465 e. The predicted molar refractivity (Wildman–Crippen MR) is 95.2 cm³/mol. The number of benzene rings is 1.